The van der Waals surface area contributed by atoms with E-state index >= 15 is 0 Å². The molecule has 0 amide bonds. The fourth-order valence-corrected chi connectivity index (χ4v) is 1.68. The van der Waals surface area contributed by atoms with Gasteiger partial charge in [0.05, 0.1) is 5.69 Å². The summed E-state index contributed by atoms with van der Waals surface area (Å²) in [5, 5.41) is 3.12. The maximum absolute atomic E-state index is 5.64. The Bertz CT molecular complexity index is 601. The second kappa shape index (κ2) is 3.99. The summed E-state index contributed by atoms with van der Waals surface area (Å²) in [7, 11) is 0. The van der Waals surface area contributed by atoms with Gasteiger partial charge in [0.25, 0.3) is 0 Å². The fraction of sp³-hybridized carbons (Fsp3) is 0.0833. The summed E-state index contributed by atoms with van der Waals surface area (Å²) < 4.78 is 10.5. The second-order valence-electron chi connectivity index (χ2n) is 3.86. The largest absolute Gasteiger partial charge is 0.454 e. The number of fused-ring (bicyclic) bond motifs is 1. The minimum atomic E-state index is 0.256. The Morgan fingerprint density at radius 2 is 1.89 bits per heavy atom. The van der Waals surface area contributed by atoms with E-state index in [2.05, 4.69) is 10.3 Å². The van der Waals surface area contributed by atoms with Crippen molar-refractivity contribution in [3.8, 4) is 11.5 Å². The van der Waals surface area contributed by atoms with E-state index in [1.165, 1.54) is 0 Å². The van der Waals surface area contributed by atoms with Crippen molar-refractivity contribution < 1.29 is 9.47 Å². The zero-order valence-electron chi connectivity index (χ0n) is 9.51. The van der Waals surface area contributed by atoms with Crippen LogP contribution in [0.1, 0.15) is 0 Å². The van der Waals surface area contributed by atoms with Gasteiger partial charge in [-0.3, -0.25) is 0 Å². The number of benzene rings is 1. The first-order chi connectivity index (χ1) is 8.72. The van der Waals surface area contributed by atoms with E-state index in [0.29, 0.717) is 23.1 Å². The molecule has 1 aromatic heterocycles. The van der Waals surface area contributed by atoms with Crippen LogP contribution in [0.5, 0.6) is 11.5 Å². The van der Waals surface area contributed by atoms with Crippen molar-refractivity contribution >= 4 is 23.0 Å². The normalized spacial score (nSPS) is 12.4. The van der Waals surface area contributed by atoms with Crippen LogP contribution in [0.15, 0.2) is 30.3 Å². The van der Waals surface area contributed by atoms with E-state index < -0.39 is 0 Å². The fourth-order valence-electron chi connectivity index (χ4n) is 1.68. The van der Waals surface area contributed by atoms with Crippen molar-refractivity contribution in [1.82, 2.24) is 4.98 Å². The SMILES string of the molecule is Nc1ccc(Nc2ccc3c(c2)OCO3)nc1N. The highest BCUT2D eigenvalue weighted by Crippen LogP contribution is 2.35. The Morgan fingerprint density at radius 1 is 1.06 bits per heavy atom. The van der Waals surface area contributed by atoms with Crippen LogP contribution in [0.3, 0.4) is 0 Å². The average Bonchev–Trinajstić information content (AvgIpc) is 2.81. The highest BCUT2D eigenvalue weighted by Gasteiger charge is 2.13. The molecule has 6 heteroatoms. The molecule has 18 heavy (non-hydrogen) atoms. The summed E-state index contributed by atoms with van der Waals surface area (Å²) in [5.41, 5.74) is 12.6. The first-order valence-electron chi connectivity index (χ1n) is 5.41. The molecule has 6 nitrogen and oxygen atoms in total. The maximum atomic E-state index is 5.64. The Labute approximate surface area is 104 Å². The minimum Gasteiger partial charge on any atom is -0.454 e. The summed E-state index contributed by atoms with van der Waals surface area (Å²) in [6, 6.07) is 9.03. The molecule has 5 N–H and O–H groups in total. The number of hydrogen-bond donors (Lipinski definition) is 3. The number of ether oxygens (including phenoxy) is 2. The highest BCUT2D eigenvalue weighted by molar-refractivity contribution is 5.66. The van der Waals surface area contributed by atoms with E-state index in [0.717, 1.165) is 11.4 Å². The van der Waals surface area contributed by atoms with Gasteiger partial charge >= 0.3 is 0 Å². The third-order valence-corrected chi connectivity index (χ3v) is 2.60. The number of nitrogen functional groups attached to an aromatic ring is 2. The van der Waals surface area contributed by atoms with Gasteiger partial charge in [0.2, 0.25) is 6.79 Å². The summed E-state index contributed by atoms with van der Waals surface area (Å²) in [6.07, 6.45) is 0. The zero-order chi connectivity index (χ0) is 12.5. The number of aromatic nitrogens is 1. The van der Waals surface area contributed by atoms with Gasteiger partial charge in [-0.25, -0.2) is 4.98 Å². The first-order valence-corrected chi connectivity index (χ1v) is 5.41. The molecule has 0 saturated carbocycles. The molecule has 0 spiro atoms. The highest BCUT2D eigenvalue weighted by atomic mass is 16.7. The molecular formula is C12H12N4O2. The predicted molar refractivity (Wildman–Crippen MR) is 68.9 cm³/mol. The number of pyridine rings is 1. The molecule has 3 rings (SSSR count). The summed E-state index contributed by atoms with van der Waals surface area (Å²) >= 11 is 0. The lowest BCUT2D eigenvalue weighted by atomic mass is 10.2. The van der Waals surface area contributed by atoms with Crippen LogP contribution >= 0.6 is 0 Å². The summed E-state index contributed by atoms with van der Waals surface area (Å²) in [5.74, 6) is 2.38. The molecule has 1 aliphatic heterocycles. The number of nitrogens with zero attached hydrogens (tertiary/aromatic N) is 1. The molecule has 1 aromatic carbocycles. The topological polar surface area (TPSA) is 95.4 Å². The number of anilines is 4. The molecule has 2 heterocycles. The van der Waals surface area contributed by atoms with E-state index in [1.54, 1.807) is 12.1 Å². The summed E-state index contributed by atoms with van der Waals surface area (Å²) in [6.45, 7) is 0.256. The lowest BCUT2D eigenvalue weighted by molar-refractivity contribution is 0.174. The van der Waals surface area contributed by atoms with Gasteiger partial charge in [0.1, 0.15) is 11.6 Å². The molecule has 0 radical (unpaired) electrons. The van der Waals surface area contributed by atoms with Crippen molar-refractivity contribution in [3.63, 3.8) is 0 Å². The van der Waals surface area contributed by atoms with Gasteiger partial charge in [-0.05, 0) is 24.3 Å². The second-order valence-corrected chi connectivity index (χ2v) is 3.86. The maximum Gasteiger partial charge on any atom is 0.231 e. The Balaban J connectivity index is 1.85. The van der Waals surface area contributed by atoms with Gasteiger partial charge in [-0.2, -0.15) is 0 Å². The molecule has 2 aromatic rings. The number of nitrogens with two attached hydrogens (primary N) is 2. The minimum absolute atomic E-state index is 0.256. The molecule has 0 atom stereocenters. The van der Waals surface area contributed by atoms with Gasteiger partial charge in [-0.15, -0.1) is 0 Å². The van der Waals surface area contributed by atoms with Gasteiger partial charge < -0.3 is 26.3 Å². The number of rotatable bonds is 2. The van der Waals surface area contributed by atoms with Crippen LogP contribution in [-0.2, 0) is 0 Å². The van der Waals surface area contributed by atoms with E-state index in [4.69, 9.17) is 20.9 Å². The molecular weight excluding hydrogens is 232 g/mol. The van der Waals surface area contributed by atoms with Crippen molar-refractivity contribution in [2.24, 2.45) is 0 Å². The molecule has 1 aliphatic rings. The smallest absolute Gasteiger partial charge is 0.231 e. The van der Waals surface area contributed by atoms with Gasteiger partial charge in [0.15, 0.2) is 11.5 Å². The third-order valence-electron chi connectivity index (χ3n) is 2.60. The van der Waals surface area contributed by atoms with Crippen LogP contribution in [0.25, 0.3) is 0 Å². The van der Waals surface area contributed by atoms with Crippen LogP contribution in [0.4, 0.5) is 23.0 Å². The quantitative estimate of drug-likeness (QED) is 0.744. The lowest BCUT2D eigenvalue weighted by Gasteiger charge is -2.08. The lowest BCUT2D eigenvalue weighted by Crippen LogP contribution is -2.01. The molecule has 0 unspecified atom stereocenters. The average molecular weight is 244 g/mol. The van der Waals surface area contributed by atoms with Crippen molar-refractivity contribution in [3.05, 3.63) is 30.3 Å². The van der Waals surface area contributed by atoms with Gasteiger partial charge in [0, 0.05) is 11.8 Å². The molecule has 0 saturated heterocycles. The Kier molecular flexibility index (Phi) is 2.33. The standard InChI is InChI=1S/C12H12N4O2/c13-8-2-4-11(16-12(8)14)15-7-1-3-9-10(5-7)18-6-17-9/h1-5H,6,13H2,(H3,14,15,16). The zero-order valence-corrected chi connectivity index (χ0v) is 9.51. The van der Waals surface area contributed by atoms with Crippen LogP contribution in [-0.4, -0.2) is 11.8 Å². The van der Waals surface area contributed by atoms with Crippen LogP contribution < -0.4 is 26.3 Å². The van der Waals surface area contributed by atoms with Crippen molar-refractivity contribution in [1.29, 1.82) is 0 Å². The van der Waals surface area contributed by atoms with Crippen LogP contribution in [0.2, 0.25) is 0 Å². The number of hydrogen-bond acceptors (Lipinski definition) is 6. The van der Waals surface area contributed by atoms with Crippen molar-refractivity contribution in [2.45, 2.75) is 0 Å². The molecule has 0 bridgehead atoms. The van der Waals surface area contributed by atoms with Crippen molar-refractivity contribution in [2.75, 3.05) is 23.6 Å². The Hall–Kier alpha value is -2.63. The molecule has 0 fully saturated rings. The third kappa shape index (κ3) is 1.84. The van der Waals surface area contributed by atoms with E-state index in [-0.39, 0.29) is 6.79 Å². The molecule has 92 valence electrons. The van der Waals surface area contributed by atoms with Gasteiger partial charge in [-0.1, -0.05) is 0 Å². The van der Waals surface area contributed by atoms with E-state index in [9.17, 15) is 0 Å². The predicted octanol–water partition coefficient (Wildman–Crippen LogP) is 1.72. The Morgan fingerprint density at radius 3 is 2.72 bits per heavy atom. The monoisotopic (exact) mass is 244 g/mol. The first kappa shape index (κ1) is 10.5. The number of nitrogens with one attached hydrogen (secondary N) is 1. The van der Waals surface area contributed by atoms with E-state index in [1.807, 2.05) is 18.2 Å². The van der Waals surface area contributed by atoms with Crippen LogP contribution in [0, 0.1) is 0 Å². The summed E-state index contributed by atoms with van der Waals surface area (Å²) in [4.78, 5) is 4.13. The molecule has 0 aliphatic carbocycles.